The van der Waals surface area contributed by atoms with Gasteiger partial charge in [-0.1, -0.05) is 0 Å². The van der Waals surface area contributed by atoms with Crippen molar-refractivity contribution in [2.45, 2.75) is 32.7 Å². The van der Waals surface area contributed by atoms with Crippen molar-refractivity contribution in [1.29, 1.82) is 0 Å². The summed E-state index contributed by atoms with van der Waals surface area (Å²) in [7, 11) is 0. The number of carboxylic acid groups (broad SMARTS) is 1. The van der Waals surface area contributed by atoms with E-state index in [1.54, 1.807) is 18.0 Å². The van der Waals surface area contributed by atoms with Gasteiger partial charge in [0.25, 0.3) is 0 Å². The Bertz CT molecular complexity index is 575. The Balaban J connectivity index is 1.76. The fourth-order valence-corrected chi connectivity index (χ4v) is 2.59. The third-order valence-corrected chi connectivity index (χ3v) is 3.88. The number of aryl methyl sites for hydroxylation is 1. The molecule has 0 unspecified atom stereocenters. The number of amides is 1. The standard InChI is InChI=1S/C15H21N3O5/c1-2-23-15(22)11-3-7-17(8-4-11)13(19)6-10-18-9-5-12(16-18)14(20)21/h5,9,11H,2-4,6-8,10H2,1H3,(H,20,21). The Kier molecular flexibility index (Phi) is 5.72. The molecule has 2 heterocycles. The van der Waals surface area contributed by atoms with E-state index in [1.807, 2.05) is 0 Å². The minimum absolute atomic E-state index is 0.0142. The Morgan fingerprint density at radius 1 is 1.35 bits per heavy atom. The molecule has 0 bridgehead atoms. The molecule has 0 saturated carbocycles. The summed E-state index contributed by atoms with van der Waals surface area (Å²) in [5.74, 6) is -1.41. The molecule has 0 aromatic carbocycles. The average molecular weight is 323 g/mol. The van der Waals surface area contributed by atoms with Gasteiger partial charge < -0.3 is 14.7 Å². The Labute approximate surface area is 134 Å². The summed E-state index contributed by atoms with van der Waals surface area (Å²) in [5, 5.41) is 12.7. The van der Waals surface area contributed by atoms with E-state index in [9.17, 15) is 14.4 Å². The predicted octanol–water partition coefficient (Wildman–Crippen LogP) is 0.773. The first kappa shape index (κ1) is 17.0. The third-order valence-electron chi connectivity index (χ3n) is 3.88. The van der Waals surface area contributed by atoms with Crippen LogP contribution in [0.4, 0.5) is 0 Å². The van der Waals surface area contributed by atoms with E-state index in [1.165, 1.54) is 10.7 Å². The van der Waals surface area contributed by atoms with E-state index in [-0.39, 0.29) is 29.9 Å². The molecule has 1 aliphatic heterocycles. The number of rotatable bonds is 6. The molecule has 8 nitrogen and oxygen atoms in total. The van der Waals surface area contributed by atoms with Crippen molar-refractivity contribution in [3.8, 4) is 0 Å². The van der Waals surface area contributed by atoms with E-state index in [4.69, 9.17) is 9.84 Å². The lowest BCUT2D eigenvalue weighted by Crippen LogP contribution is -2.40. The lowest BCUT2D eigenvalue weighted by atomic mass is 9.97. The molecule has 1 amide bonds. The quantitative estimate of drug-likeness (QED) is 0.776. The van der Waals surface area contributed by atoms with Crippen LogP contribution in [0.1, 0.15) is 36.7 Å². The third kappa shape index (κ3) is 4.54. The maximum Gasteiger partial charge on any atom is 0.356 e. The number of carboxylic acids is 1. The van der Waals surface area contributed by atoms with Crippen LogP contribution in [0.2, 0.25) is 0 Å². The number of hydrogen-bond donors (Lipinski definition) is 1. The van der Waals surface area contributed by atoms with Crippen LogP contribution in [-0.2, 0) is 20.9 Å². The zero-order valence-electron chi connectivity index (χ0n) is 13.1. The number of nitrogens with zero attached hydrogens (tertiary/aromatic N) is 3. The highest BCUT2D eigenvalue weighted by Crippen LogP contribution is 2.19. The van der Waals surface area contributed by atoms with Gasteiger partial charge in [-0.05, 0) is 25.8 Å². The van der Waals surface area contributed by atoms with Crippen molar-refractivity contribution < 1.29 is 24.2 Å². The molecule has 0 radical (unpaired) electrons. The molecule has 8 heteroatoms. The van der Waals surface area contributed by atoms with Crippen molar-refractivity contribution in [2.75, 3.05) is 19.7 Å². The van der Waals surface area contributed by atoms with Gasteiger partial charge in [0.15, 0.2) is 5.69 Å². The summed E-state index contributed by atoms with van der Waals surface area (Å²) in [6.45, 7) is 3.58. The number of aromatic nitrogens is 2. The first-order chi connectivity index (χ1) is 11.0. The molecule has 1 aromatic rings. The van der Waals surface area contributed by atoms with Crippen LogP contribution >= 0.6 is 0 Å². The first-order valence-electron chi connectivity index (χ1n) is 7.72. The average Bonchev–Trinajstić information content (AvgIpc) is 3.02. The number of aromatic carboxylic acids is 1. The van der Waals surface area contributed by atoms with E-state index >= 15 is 0 Å². The maximum atomic E-state index is 12.2. The van der Waals surface area contributed by atoms with E-state index < -0.39 is 5.97 Å². The number of ether oxygens (including phenoxy) is 1. The number of esters is 1. The van der Waals surface area contributed by atoms with Gasteiger partial charge in [0.2, 0.25) is 5.91 Å². The summed E-state index contributed by atoms with van der Waals surface area (Å²) < 4.78 is 6.45. The van der Waals surface area contributed by atoms with Crippen LogP contribution < -0.4 is 0 Å². The fourth-order valence-electron chi connectivity index (χ4n) is 2.59. The highest BCUT2D eigenvalue weighted by Gasteiger charge is 2.27. The van der Waals surface area contributed by atoms with Crippen molar-refractivity contribution in [3.05, 3.63) is 18.0 Å². The SMILES string of the molecule is CCOC(=O)C1CCN(C(=O)CCn2ccc(C(=O)O)n2)CC1. The van der Waals surface area contributed by atoms with Gasteiger partial charge in [-0.2, -0.15) is 5.10 Å². The zero-order chi connectivity index (χ0) is 16.8. The van der Waals surface area contributed by atoms with Gasteiger partial charge in [-0.15, -0.1) is 0 Å². The molecule has 1 aliphatic rings. The minimum Gasteiger partial charge on any atom is -0.476 e. The normalized spacial score (nSPS) is 15.4. The number of carbonyl (C=O) groups is 3. The van der Waals surface area contributed by atoms with Gasteiger partial charge in [-0.3, -0.25) is 14.3 Å². The molecule has 126 valence electrons. The van der Waals surface area contributed by atoms with Gasteiger partial charge in [-0.25, -0.2) is 4.79 Å². The number of carbonyl (C=O) groups excluding carboxylic acids is 2. The maximum absolute atomic E-state index is 12.2. The molecule has 0 aliphatic carbocycles. The Morgan fingerprint density at radius 2 is 2.04 bits per heavy atom. The molecule has 0 atom stereocenters. The number of likely N-dealkylation sites (tertiary alicyclic amines) is 1. The summed E-state index contributed by atoms with van der Waals surface area (Å²) in [6.07, 6.45) is 3.04. The summed E-state index contributed by atoms with van der Waals surface area (Å²) in [4.78, 5) is 36.3. The van der Waals surface area contributed by atoms with Crippen molar-refractivity contribution in [2.24, 2.45) is 5.92 Å². The molecule has 0 spiro atoms. The van der Waals surface area contributed by atoms with Gasteiger partial charge in [0.05, 0.1) is 12.5 Å². The molecule has 2 rings (SSSR count). The summed E-state index contributed by atoms with van der Waals surface area (Å²) >= 11 is 0. The second kappa shape index (κ2) is 7.75. The highest BCUT2D eigenvalue weighted by atomic mass is 16.5. The first-order valence-corrected chi connectivity index (χ1v) is 7.72. The van der Waals surface area contributed by atoms with Crippen molar-refractivity contribution in [3.63, 3.8) is 0 Å². The van der Waals surface area contributed by atoms with Crippen LogP contribution in [0.25, 0.3) is 0 Å². The predicted molar refractivity (Wildman–Crippen MR) is 79.7 cm³/mol. The van der Waals surface area contributed by atoms with Gasteiger partial charge in [0.1, 0.15) is 0 Å². The van der Waals surface area contributed by atoms with Crippen LogP contribution in [0.3, 0.4) is 0 Å². The number of piperidine rings is 1. The van der Waals surface area contributed by atoms with E-state index in [2.05, 4.69) is 5.10 Å². The number of hydrogen-bond acceptors (Lipinski definition) is 5. The second-order valence-electron chi connectivity index (χ2n) is 5.43. The van der Waals surface area contributed by atoms with Crippen molar-refractivity contribution >= 4 is 17.8 Å². The summed E-state index contributed by atoms with van der Waals surface area (Å²) in [5.41, 5.74) is -0.0345. The molecule has 1 aromatic heterocycles. The Hall–Kier alpha value is -2.38. The van der Waals surface area contributed by atoms with Crippen LogP contribution in [-0.4, -0.2) is 57.3 Å². The fraction of sp³-hybridized carbons (Fsp3) is 0.600. The topological polar surface area (TPSA) is 102 Å². The highest BCUT2D eigenvalue weighted by molar-refractivity contribution is 5.85. The molecular formula is C15H21N3O5. The largest absolute Gasteiger partial charge is 0.476 e. The van der Waals surface area contributed by atoms with Gasteiger partial charge in [0, 0.05) is 32.3 Å². The molecular weight excluding hydrogens is 302 g/mol. The van der Waals surface area contributed by atoms with Crippen LogP contribution in [0.15, 0.2) is 12.3 Å². The molecule has 23 heavy (non-hydrogen) atoms. The molecule has 1 saturated heterocycles. The van der Waals surface area contributed by atoms with Gasteiger partial charge >= 0.3 is 11.9 Å². The molecule has 1 fully saturated rings. The second-order valence-corrected chi connectivity index (χ2v) is 5.43. The minimum atomic E-state index is -1.09. The lowest BCUT2D eigenvalue weighted by Gasteiger charge is -2.31. The van der Waals surface area contributed by atoms with Crippen LogP contribution in [0.5, 0.6) is 0 Å². The monoisotopic (exact) mass is 323 g/mol. The molecule has 1 N–H and O–H groups in total. The zero-order valence-corrected chi connectivity index (χ0v) is 13.1. The van der Waals surface area contributed by atoms with Crippen molar-refractivity contribution in [1.82, 2.24) is 14.7 Å². The lowest BCUT2D eigenvalue weighted by molar-refractivity contribution is -0.151. The van der Waals surface area contributed by atoms with E-state index in [0.717, 1.165) is 0 Å². The van der Waals surface area contributed by atoms with E-state index in [0.29, 0.717) is 39.1 Å². The Morgan fingerprint density at radius 3 is 2.61 bits per heavy atom. The summed E-state index contributed by atoms with van der Waals surface area (Å²) in [6, 6.07) is 1.40. The van der Waals surface area contributed by atoms with Crippen LogP contribution in [0, 0.1) is 5.92 Å². The smallest absolute Gasteiger partial charge is 0.356 e.